The molecule has 16 aromatic rings. The summed E-state index contributed by atoms with van der Waals surface area (Å²) in [5.74, 6) is -1.18. The third-order valence-electron chi connectivity index (χ3n) is 13.9. The van der Waals surface area contributed by atoms with Gasteiger partial charge in [0.1, 0.15) is 55.3 Å². The summed E-state index contributed by atoms with van der Waals surface area (Å²) in [6.07, 6.45) is 18.6. The van der Waals surface area contributed by atoms with Gasteiger partial charge < -0.3 is 4.98 Å². The number of pyridine rings is 6. The first-order chi connectivity index (χ1) is 43.6. The van der Waals surface area contributed by atoms with Crippen molar-refractivity contribution in [1.29, 1.82) is 0 Å². The number of hydrogen-bond donors (Lipinski definition) is 4. The lowest BCUT2D eigenvalue weighted by molar-refractivity contribution is -0.903. The Bertz CT molecular complexity index is 5230. The van der Waals surface area contributed by atoms with E-state index in [2.05, 4.69) is 97.6 Å². The van der Waals surface area contributed by atoms with Crippen LogP contribution >= 0.6 is 31.9 Å². The Morgan fingerprint density at radius 2 is 0.933 bits per heavy atom. The fourth-order valence-electron chi connectivity index (χ4n) is 9.67. The van der Waals surface area contributed by atoms with E-state index in [9.17, 15) is 27.6 Å². The van der Waals surface area contributed by atoms with Crippen molar-refractivity contribution in [2.24, 2.45) is 28.2 Å². The van der Waals surface area contributed by atoms with Gasteiger partial charge in [-0.2, -0.15) is 30.6 Å². The summed E-state index contributed by atoms with van der Waals surface area (Å²) in [4.78, 5) is 30.6. The molecule has 0 bridgehead atoms. The van der Waals surface area contributed by atoms with Crippen LogP contribution < -0.4 is 10.3 Å². The lowest BCUT2D eigenvalue weighted by atomic mass is 10.1. The van der Waals surface area contributed by atoms with Crippen LogP contribution in [-0.2, 0) is 28.2 Å². The number of aryl methyl sites for hydroxylation is 4. The average molecular weight is 1340 g/mol. The van der Waals surface area contributed by atoms with Crippen LogP contribution in [0.1, 0.15) is 0 Å². The molecule has 90 heavy (non-hydrogen) atoms. The first kappa shape index (κ1) is 60.6. The van der Waals surface area contributed by atoms with Crippen LogP contribution in [0.25, 0.3) is 110 Å². The van der Waals surface area contributed by atoms with Gasteiger partial charge in [-0.1, -0.05) is 48.5 Å². The normalized spacial score (nSPS) is 10.9. The number of benzene rings is 4. The molecular formula is C64H49Br2F4N18O2+. The topological polar surface area (TPSA) is 237 Å². The molecule has 0 atom stereocenters. The minimum atomic E-state index is -0.348. The Labute approximate surface area is 524 Å². The first-order valence-corrected chi connectivity index (χ1v) is 28.7. The zero-order valence-electron chi connectivity index (χ0n) is 47.9. The molecule has 16 rings (SSSR count). The van der Waals surface area contributed by atoms with E-state index in [1.165, 1.54) is 54.7 Å². The third-order valence-corrected chi connectivity index (χ3v) is 15.1. The summed E-state index contributed by atoms with van der Waals surface area (Å²) in [7, 11) is 7.34. The van der Waals surface area contributed by atoms with Crippen molar-refractivity contribution >= 4 is 97.3 Å². The van der Waals surface area contributed by atoms with E-state index in [4.69, 9.17) is 0 Å². The molecule has 0 aliphatic heterocycles. The lowest BCUT2D eigenvalue weighted by Gasteiger charge is -1.97. The van der Waals surface area contributed by atoms with E-state index in [1.54, 1.807) is 132 Å². The predicted octanol–water partition coefficient (Wildman–Crippen LogP) is 13.0. The molecule has 0 saturated heterocycles. The van der Waals surface area contributed by atoms with Crippen molar-refractivity contribution in [2.45, 2.75) is 0 Å². The van der Waals surface area contributed by atoms with Gasteiger partial charge in [-0.15, -0.1) is 0 Å². The number of aromatic amines is 3. The van der Waals surface area contributed by atoms with E-state index < -0.39 is 0 Å². The van der Waals surface area contributed by atoms with Crippen LogP contribution in [0.4, 0.5) is 17.6 Å². The number of hydrogen-bond acceptors (Lipinski definition) is 12. The van der Waals surface area contributed by atoms with Gasteiger partial charge in [0.25, 0.3) is 5.56 Å². The summed E-state index contributed by atoms with van der Waals surface area (Å²) in [6, 6.07) is 36.2. The number of nitrogens with one attached hydrogen (secondary N) is 3. The highest BCUT2D eigenvalue weighted by atomic mass is 79.9. The average Bonchev–Trinajstić information content (AvgIpc) is 1.94. The van der Waals surface area contributed by atoms with Crippen molar-refractivity contribution in [3.8, 4) is 45.0 Å². The quantitative estimate of drug-likeness (QED) is 0.0731. The van der Waals surface area contributed by atoms with Gasteiger partial charge in [-0.05, 0) is 111 Å². The summed E-state index contributed by atoms with van der Waals surface area (Å²) < 4.78 is 62.4. The molecule has 4 aromatic carbocycles. The molecule has 12 aromatic heterocycles. The summed E-state index contributed by atoms with van der Waals surface area (Å²) in [6.45, 7) is 0. The monoisotopic (exact) mass is 1340 g/mol. The molecule has 448 valence electrons. The van der Waals surface area contributed by atoms with Crippen LogP contribution in [0.2, 0.25) is 0 Å². The second-order valence-corrected chi connectivity index (χ2v) is 21.3. The maximum absolute atomic E-state index is 13.2. The number of halogens is 6. The molecule has 0 amide bonds. The number of nitrogens with zero attached hydrogens (tertiary/aromatic N) is 15. The van der Waals surface area contributed by atoms with Crippen LogP contribution in [0, 0.1) is 23.3 Å². The molecule has 0 aliphatic rings. The number of fused-ring (bicyclic) bond motifs is 6. The van der Waals surface area contributed by atoms with Crippen LogP contribution in [-0.4, -0.2) is 89.6 Å². The predicted molar refractivity (Wildman–Crippen MR) is 341 cm³/mol. The molecule has 0 aliphatic carbocycles. The third kappa shape index (κ3) is 13.4. The molecule has 0 spiro atoms. The Balaban J connectivity index is 0.000000112. The van der Waals surface area contributed by atoms with Crippen LogP contribution in [0.3, 0.4) is 0 Å². The molecule has 26 heteroatoms. The maximum Gasteiger partial charge on any atom is 0.259 e. The Morgan fingerprint density at radius 1 is 0.467 bits per heavy atom. The van der Waals surface area contributed by atoms with E-state index >= 15 is 0 Å². The van der Waals surface area contributed by atoms with Gasteiger partial charge in [0.15, 0.2) is 0 Å². The van der Waals surface area contributed by atoms with E-state index in [0.717, 1.165) is 96.5 Å². The molecule has 4 N–H and O–H groups in total. The van der Waals surface area contributed by atoms with Gasteiger partial charge in [0.2, 0.25) is 12.4 Å². The number of H-pyrrole nitrogens is 3. The largest absolute Gasteiger partial charge is 0.328 e. The van der Waals surface area contributed by atoms with Gasteiger partial charge >= 0.3 is 0 Å². The minimum absolute atomic E-state index is 0.222. The molecule has 0 fully saturated rings. The standard InChI is InChI=1S/C13H11FN3O.C13H10FN3O.C13H10FN3.C12H8FN3.C7H6BrN3.C6H4BrN3/c1-16-12-5-6-17(18)8-11(12)13(15-16)9-3-2-4-10(14)7-9;1-17-10-5-6-15-13(18)11(10)12(16-17)8-3-2-4-9(14)7-8;1-17-12-5-6-15-8-11(12)13(16-17)9-3-2-4-10(14)7-9;13-9-3-1-2-8(6-9)12-10-7-14-5-4-11(10)15-16-12;1-11-6-2-3-9-4-5(6)7(8)10-11;7-6-4-3-8-2-1-5(4)9-10-6/h2-8,18H,1H3;2-7H,1H3,(H,15,18);2-8H,1H3;1-7H,(H,15,16);2-4H,1H3;1-3H,(H,9,10)/q+1;;;;;. The van der Waals surface area contributed by atoms with Gasteiger partial charge in [-0.25, -0.2) is 17.6 Å². The maximum atomic E-state index is 13.2. The van der Waals surface area contributed by atoms with E-state index in [0.29, 0.717) is 27.9 Å². The highest BCUT2D eigenvalue weighted by Crippen LogP contribution is 2.30. The molecular weight excluding hydrogens is 1290 g/mol. The molecule has 0 unspecified atom stereocenters. The molecule has 0 saturated carbocycles. The Kier molecular flexibility index (Phi) is 18.1. The highest BCUT2D eigenvalue weighted by molar-refractivity contribution is 9.10. The zero-order chi connectivity index (χ0) is 63.0. The smallest absolute Gasteiger partial charge is 0.259 e. The van der Waals surface area contributed by atoms with Crippen molar-refractivity contribution in [3.05, 3.63) is 244 Å². The van der Waals surface area contributed by atoms with Crippen molar-refractivity contribution in [3.63, 3.8) is 0 Å². The summed E-state index contributed by atoms with van der Waals surface area (Å²) >= 11 is 6.65. The summed E-state index contributed by atoms with van der Waals surface area (Å²) in [5.41, 5.74) is 10.7. The second-order valence-electron chi connectivity index (χ2n) is 19.8. The number of rotatable bonds is 4. The van der Waals surface area contributed by atoms with Crippen molar-refractivity contribution < 1.29 is 27.5 Å². The molecule has 20 nitrogen and oxygen atoms in total. The van der Waals surface area contributed by atoms with E-state index in [-0.39, 0.29) is 28.8 Å². The number of aromatic nitrogens is 18. The van der Waals surface area contributed by atoms with Crippen LogP contribution in [0.15, 0.2) is 216 Å². The zero-order valence-corrected chi connectivity index (χ0v) is 51.1. The van der Waals surface area contributed by atoms with Crippen molar-refractivity contribution in [1.82, 2.24) is 84.4 Å². The molecule has 12 heterocycles. The Hall–Kier alpha value is -11.1. The van der Waals surface area contributed by atoms with Gasteiger partial charge in [0, 0.05) is 128 Å². The fraction of sp³-hybridized carbons (Fsp3) is 0.0625. The Morgan fingerprint density at radius 3 is 1.51 bits per heavy atom. The lowest BCUT2D eigenvalue weighted by Crippen LogP contribution is -2.27. The van der Waals surface area contributed by atoms with Gasteiger partial charge in [-0.3, -0.25) is 58.9 Å². The second kappa shape index (κ2) is 26.9. The summed E-state index contributed by atoms with van der Waals surface area (Å²) in [5, 5.41) is 45.7. The van der Waals surface area contributed by atoms with Gasteiger partial charge in [0.05, 0.1) is 54.6 Å². The first-order valence-electron chi connectivity index (χ1n) is 27.1. The van der Waals surface area contributed by atoms with Crippen LogP contribution in [0.5, 0.6) is 0 Å². The minimum Gasteiger partial charge on any atom is -0.328 e. The molecule has 0 radical (unpaired) electrons. The highest BCUT2D eigenvalue weighted by Gasteiger charge is 2.17. The SMILES string of the molecule is Brc1[nH]nc2ccncc12.Cn1nc(-c2cccc(F)c2)c2c(=O)[nH]ccc21.Cn1nc(-c2cccc(F)c2)c2c[n+](O)ccc21.Cn1nc(-c2cccc(F)c2)c2cnccc21.Cn1nc(Br)c2cnccc21.Fc1cccc(-c2n[nH]c3ccncc23)c1. The van der Waals surface area contributed by atoms with E-state index in [1.807, 2.05) is 62.2 Å². The fourth-order valence-corrected chi connectivity index (χ4v) is 10.6. The van der Waals surface area contributed by atoms with Crippen molar-refractivity contribution in [2.75, 3.05) is 0 Å².